The Kier molecular flexibility index (Phi) is 3.43. The Hall–Kier alpha value is -3.75. The molecule has 4 rings (SSSR count). The third-order valence-electron chi connectivity index (χ3n) is 3.88. The lowest BCUT2D eigenvalue weighted by atomic mass is 9.95. The van der Waals surface area contributed by atoms with E-state index >= 15 is 0 Å². The summed E-state index contributed by atoms with van der Waals surface area (Å²) in [6, 6.07) is 7.15. The van der Waals surface area contributed by atoms with Crippen molar-refractivity contribution in [3.05, 3.63) is 70.0 Å². The van der Waals surface area contributed by atoms with Crippen LogP contribution in [0.3, 0.4) is 0 Å². The number of fused-ring (bicyclic) bond motifs is 2. The molecule has 2 aromatic carbocycles. The highest BCUT2D eigenvalue weighted by Gasteiger charge is 2.24. The molecule has 2 aliphatic heterocycles. The van der Waals surface area contributed by atoms with Gasteiger partial charge in [0.25, 0.3) is 5.69 Å². The molecule has 0 saturated carbocycles. The first kappa shape index (κ1) is 15.8. The highest BCUT2D eigenvalue weighted by Crippen LogP contribution is 2.39. The molecule has 9 heteroatoms. The van der Waals surface area contributed by atoms with Crippen molar-refractivity contribution in [2.24, 2.45) is 0 Å². The first-order valence-electron chi connectivity index (χ1n) is 7.31. The molecule has 0 fully saturated rings. The average Bonchev–Trinajstić information content (AvgIpc) is 2.60. The van der Waals surface area contributed by atoms with E-state index in [9.17, 15) is 18.9 Å². The van der Waals surface area contributed by atoms with Crippen molar-refractivity contribution in [2.75, 3.05) is 0 Å². The van der Waals surface area contributed by atoms with Gasteiger partial charge in [-0.1, -0.05) is 12.1 Å². The molecule has 0 radical (unpaired) electrons. The zero-order valence-electron chi connectivity index (χ0n) is 12.9. The summed E-state index contributed by atoms with van der Waals surface area (Å²) < 4.78 is 33.6. The van der Waals surface area contributed by atoms with Crippen molar-refractivity contribution < 1.29 is 18.1 Å². The molecule has 0 unspecified atom stereocenters. The number of nitrogens with zero attached hydrogens (tertiary/aromatic N) is 3. The van der Waals surface area contributed by atoms with Gasteiger partial charge in [0.1, 0.15) is 23.5 Å². The summed E-state index contributed by atoms with van der Waals surface area (Å²) in [6.45, 7) is 0. The molecule has 26 heavy (non-hydrogen) atoms. The highest BCUT2D eigenvalue weighted by atomic mass is 19.1. The first-order valence-corrected chi connectivity index (χ1v) is 7.31. The number of rotatable bonds is 2. The summed E-state index contributed by atoms with van der Waals surface area (Å²) in [7, 11) is 0. The van der Waals surface area contributed by atoms with Crippen LogP contribution in [0.25, 0.3) is 33.6 Å². The third kappa shape index (κ3) is 2.37. The minimum atomic E-state index is -0.921. The van der Waals surface area contributed by atoms with E-state index in [-0.39, 0.29) is 44.7 Å². The van der Waals surface area contributed by atoms with Gasteiger partial charge < -0.3 is 4.42 Å². The Balaban J connectivity index is 2.23. The van der Waals surface area contributed by atoms with Crippen molar-refractivity contribution in [1.82, 2.24) is 9.97 Å². The Morgan fingerprint density at radius 1 is 1.12 bits per heavy atom. The van der Waals surface area contributed by atoms with E-state index in [4.69, 9.17) is 9.83 Å². The van der Waals surface area contributed by atoms with Crippen LogP contribution in [0.4, 0.5) is 14.5 Å². The SMILES string of the molecule is N=c1ncnc2oc3cc(F)cc(F)c3c(-c3cccc([N+](=O)[O-])c3)c1-2. The van der Waals surface area contributed by atoms with Crippen LogP contribution >= 0.6 is 0 Å². The van der Waals surface area contributed by atoms with Gasteiger partial charge >= 0.3 is 0 Å². The van der Waals surface area contributed by atoms with Crippen molar-refractivity contribution in [1.29, 1.82) is 5.41 Å². The standard InChI is InChI=1S/C17H8F2N4O3/c18-9-5-11(19)14-12(6-9)26-17-15(16(20)21-7-22-17)13(14)8-2-1-3-10(4-8)23(24)25/h1-7,20H. The second kappa shape index (κ2) is 5.66. The van der Waals surface area contributed by atoms with Gasteiger partial charge in [-0.3, -0.25) is 15.5 Å². The van der Waals surface area contributed by atoms with Crippen LogP contribution in [0.1, 0.15) is 0 Å². The number of aromatic nitrogens is 2. The van der Waals surface area contributed by atoms with Crippen LogP contribution in [0.2, 0.25) is 0 Å². The van der Waals surface area contributed by atoms with Crippen LogP contribution < -0.4 is 5.49 Å². The van der Waals surface area contributed by atoms with E-state index in [2.05, 4.69) is 9.97 Å². The fourth-order valence-electron chi connectivity index (χ4n) is 2.84. The second-order valence-electron chi connectivity index (χ2n) is 5.45. The van der Waals surface area contributed by atoms with Crippen molar-refractivity contribution in [3.8, 4) is 22.6 Å². The van der Waals surface area contributed by atoms with E-state index in [1.165, 1.54) is 24.3 Å². The molecule has 2 aromatic rings. The molecule has 0 atom stereocenters. The molecule has 2 heterocycles. The molecule has 0 aliphatic carbocycles. The van der Waals surface area contributed by atoms with Gasteiger partial charge in [0, 0.05) is 29.8 Å². The number of nitrogens with one attached hydrogen (secondary N) is 1. The Morgan fingerprint density at radius 2 is 1.92 bits per heavy atom. The summed E-state index contributed by atoms with van der Waals surface area (Å²) in [5, 5.41) is 19.0. The van der Waals surface area contributed by atoms with Crippen LogP contribution in [0.5, 0.6) is 0 Å². The summed E-state index contributed by atoms with van der Waals surface area (Å²) in [5.41, 5.74) is -0.117. The van der Waals surface area contributed by atoms with Gasteiger partial charge in [-0.15, -0.1) is 0 Å². The number of halogens is 2. The van der Waals surface area contributed by atoms with E-state index in [1.54, 1.807) is 0 Å². The molecular weight excluding hydrogens is 346 g/mol. The largest absolute Gasteiger partial charge is 0.437 e. The Bertz CT molecular complexity index is 1220. The van der Waals surface area contributed by atoms with Crippen LogP contribution in [0, 0.1) is 27.2 Å². The number of benzene rings is 2. The molecular formula is C17H8F2N4O3. The smallest absolute Gasteiger partial charge is 0.270 e. The zero-order chi connectivity index (χ0) is 18.4. The first-order chi connectivity index (χ1) is 12.5. The lowest BCUT2D eigenvalue weighted by molar-refractivity contribution is -0.384. The van der Waals surface area contributed by atoms with E-state index in [0.717, 1.165) is 12.4 Å². The molecule has 0 bridgehead atoms. The Labute approximate surface area is 143 Å². The number of non-ortho nitro benzene ring substituents is 1. The number of nitro groups is 1. The van der Waals surface area contributed by atoms with Crippen LogP contribution in [-0.2, 0) is 0 Å². The van der Waals surface area contributed by atoms with Gasteiger partial charge in [-0.05, 0) is 5.56 Å². The normalized spacial score (nSPS) is 11.2. The quantitative estimate of drug-likeness (QED) is 0.336. The number of hydrogen-bond acceptors (Lipinski definition) is 6. The maximum absolute atomic E-state index is 14.6. The summed E-state index contributed by atoms with van der Waals surface area (Å²) in [5.74, 6) is -1.82. The fourth-order valence-corrected chi connectivity index (χ4v) is 2.84. The van der Waals surface area contributed by atoms with Crippen molar-refractivity contribution >= 4 is 16.7 Å². The van der Waals surface area contributed by atoms with E-state index in [1.807, 2.05) is 0 Å². The molecule has 128 valence electrons. The monoisotopic (exact) mass is 354 g/mol. The molecule has 0 saturated heterocycles. The zero-order valence-corrected chi connectivity index (χ0v) is 12.9. The lowest BCUT2D eigenvalue weighted by Crippen LogP contribution is -2.13. The summed E-state index contributed by atoms with van der Waals surface area (Å²) in [4.78, 5) is 18.2. The maximum atomic E-state index is 14.6. The minimum Gasteiger partial charge on any atom is -0.437 e. The van der Waals surface area contributed by atoms with Gasteiger partial charge in [0.2, 0.25) is 5.89 Å². The Morgan fingerprint density at radius 3 is 2.69 bits per heavy atom. The van der Waals surface area contributed by atoms with Crippen molar-refractivity contribution in [3.63, 3.8) is 0 Å². The highest BCUT2D eigenvalue weighted by molar-refractivity contribution is 6.01. The van der Waals surface area contributed by atoms with E-state index in [0.29, 0.717) is 6.07 Å². The third-order valence-corrected chi connectivity index (χ3v) is 3.88. The van der Waals surface area contributed by atoms with Gasteiger partial charge in [-0.25, -0.2) is 18.7 Å². The molecule has 0 amide bonds. The van der Waals surface area contributed by atoms with E-state index < -0.39 is 16.6 Å². The average molecular weight is 354 g/mol. The summed E-state index contributed by atoms with van der Waals surface area (Å²) in [6.07, 6.45) is 1.09. The predicted molar refractivity (Wildman–Crippen MR) is 86.3 cm³/mol. The van der Waals surface area contributed by atoms with Crippen molar-refractivity contribution in [2.45, 2.75) is 0 Å². The molecule has 1 N–H and O–H groups in total. The number of hydrogen-bond donors (Lipinski definition) is 1. The maximum Gasteiger partial charge on any atom is 0.270 e. The molecule has 2 aliphatic rings. The second-order valence-corrected chi connectivity index (χ2v) is 5.45. The van der Waals surface area contributed by atoms with Gasteiger partial charge in [-0.2, -0.15) is 0 Å². The van der Waals surface area contributed by atoms with Gasteiger partial charge in [0.05, 0.1) is 15.9 Å². The predicted octanol–water partition coefficient (Wildman–Crippen LogP) is 3.66. The molecule has 0 spiro atoms. The van der Waals surface area contributed by atoms with Crippen LogP contribution in [0.15, 0.2) is 47.1 Å². The van der Waals surface area contributed by atoms with Gasteiger partial charge in [0.15, 0.2) is 5.49 Å². The lowest BCUT2D eigenvalue weighted by Gasteiger charge is -2.14. The topological polar surface area (TPSA) is 106 Å². The minimum absolute atomic E-state index is 0.0518. The molecule has 0 aromatic heterocycles. The molecule has 7 nitrogen and oxygen atoms in total. The number of nitro benzene ring substituents is 1. The fraction of sp³-hybridized carbons (Fsp3) is 0. The van der Waals surface area contributed by atoms with Crippen LogP contribution in [-0.4, -0.2) is 14.9 Å². The summed E-state index contributed by atoms with van der Waals surface area (Å²) >= 11 is 0.